The van der Waals surface area contributed by atoms with Gasteiger partial charge in [-0.2, -0.15) is 10.1 Å². The van der Waals surface area contributed by atoms with Crippen molar-refractivity contribution >= 4 is 72.0 Å². The lowest BCUT2D eigenvalue weighted by atomic mass is 10.1. The molecule has 0 fully saturated rings. The largest absolute Gasteiger partial charge is 0.465 e. The second-order valence-electron chi connectivity index (χ2n) is 6.05. The maximum Gasteiger partial charge on any atom is 0.337 e. The molecule has 1 amide bonds. The number of amides is 1. The SMILES string of the molecule is COC(=O)c1ccc(C(=O)N(/N=C/c2cccs2)c2nc3ccc(Br)cc3s2)cc1. The highest BCUT2D eigenvalue weighted by atomic mass is 79.9. The number of fused-ring (bicyclic) bond motifs is 1. The van der Waals surface area contributed by atoms with Crippen molar-refractivity contribution in [1.82, 2.24) is 4.98 Å². The van der Waals surface area contributed by atoms with E-state index in [9.17, 15) is 9.59 Å². The molecular weight excluding hydrogens is 486 g/mol. The van der Waals surface area contributed by atoms with E-state index in [1.54, 1.807) is 30.5 Å². The molecule has 6 nitrogen and oxygen atoms in total. The van der Waals surface area contributed by atoms with E-state index in [1.807, 2.05) is 35.7 Å². The van der Waals surface area contributed by atoms with Gasteiger partial charge in [-0.3, -0.25) is 4.79 Å². The molecule has 30 heavy (non-hydrogen) atoms. The number of aromatic nitrogens is 1. The molecule has 0 aliphatic heterocycles. The number of rotatable bonds is 5. The second kappa shape index (κ2) is 8.86. The van der Waals surface area contributed by atoms with Gasteiger partial charge in [-0.1, -0.05) is 33.3 Å². The molecule has 0 bridgehead atoms. The standard InChI is InChI=1S/C21H14BrN3O3S2/c1-28-20(27)14-6-4-13(5-7-14)19(26)25(23-12-16-3-2-10-29-16)21-24-17-9-8-15(22)11-18(17)30-21/h2-12H,1H3/b23-12+. The number of hydrogen-bond donors (Lipinski definition) is 0. The van der Waals surface area contributed by atoms with Crippen LogP contribution < -0.4 is 5.01 Å². The van der Waals surface area contributed by atoms with Gasteiger partial charge in [0.1, 0.15) is 0 Å². The van der Waals surface area contributed by atoms with Gasteiger partial charge < -0.3 is 4.74 Å². The number of benzene rings is 2. The third kappa shape index (κ3) is 4.33. The number of ether oxygens (including phenoxy) is 1. The molecule has 0 saturated carbocycles. The van der Waals surface area contributed by atoms with E-state index in [4.69, 9.17) is 4.74 Å². The lowest BCUT2D eigenvalue weighted by Crippen LogP contribution is -2.25. The highest BCUT2D eigenvalue weighted by Gasteiger charge is 2.21. The molecule has 0 N–H and O–H groups in total. The quantitative estimate of drug-likeness (QED) is 0.204. The van der Waals surface area contributed by atoms with Gasteiger partial charge in [-0.15, -0.1) is 11.3 Å². The van der Waals surface area contributed by atoms with Crippen molar-refractivity contribution in [3.8, 4) is 0 Å². The number of thiophene rings is 1. The van der Waals surface area contributed by atoms with Crippen LogP contribution in [0.3, 0.4) is 0 Å². The van der Waals surface area contributed by atoms with Gasteiger partial charge in [-0.05, 0) is 53.9 Å². The van der Waals surface area contributed by atoms with Crippen molar-refractivity contribution in [3.05, 3.63) is 80.5 Å². The van der Waals surface area contributed by atoms with Crippen LogP contribution in [0.1, 0.15) is 25.6 Å². The Morgan fingerprint density at radius 2 is 1.90 bits per heavy atom. The van der Waals surface area contributed by atoms with E-state index < -0.39 is 5.97 Å². The smallest absolute Gasteiger partial charge is 0.337 e. The van der Waals surface area contributed by atoms with Gasteiger partial charge in [0.15, 0.2) is 0 Å². The molecule has 0 unspecified atom stereocenters. The first-order valence-corrected chi connectivity index (χ1v) is 11.2. The summed E-state index contributed by atoms with van der Waals surface area (Å²) in [6, 6.07) is 15.8. The summed E-state index contributed by atoms with van der Waals surface area (Å²) in [6.07, 6.45) is 1.63. The number of carbonyl (C=O) groups is 2. The molecule has 2 aromatic heterocycles. The highest BCUT2D eigenvalue weighted by molar-refractivity contribution is 9.10. The number of methoxy groups -OCH3 is 1. The van der Waals surface area contributed by atoms with Gasteiger partial charge in [0, 0.05) is 14.9 Å². The maximum absolute atomic E-state index is 13.3. The average molecular weight is 500 g/mol. The molecule has 150 valence electrons. The fourth-order valence-corrected chi connectivity index (χ4v) is 4.69. The summed E-state index contributed by atoms with van der Waals surface area (Å²) < 4.78 is 6.58. The monoisotopic (exact) mass is 499 g/mol. The minimum atomic E-state index is -0.460. The van der Waals surface area contributed by atoms with Crippen LogP contribution >= 0.6 is 38.6 Å². The van der Waals surface area contributed by atoms with Crippen molar-refractivity contribution in [2.45, 2.75) is 0 Å². The van der Waals surface area contributed by atoms with Crippen molar-refractivity contribution in [2.75, 3.05) is 12.1 Å². The summed E-state index contributed by atoms with van der Waals surface area (Å²) in [5, 5.41) is 8.10. The van der Waals surface area contributed by atoms with Crippen LogP contribution in [0.2, 0.25) is 0 Å². The van der Waals surface area contributed by atoms with Gasteiger partial charge in [0.2, 0.25) is 5.13 Å². The third-order valence-electron chi connectivity index (χ3n) is 4.11. The predicted molar refractivity (Wildman–Crippen MR) is 124 cm³/mol. The van der Waals surface area contributed by atoms with Crippen molar-refractivity contribution < 1.29 is 14.3 Å². The van der Waals surface area contributed by atoms with Crippen LogP contribution in [0.4, 0.5) is 5.13 Å². The Morgan fingerprint density at radius 1 is 1.13 bits per heavy atom. The lowest BCUT2D eigenvalue weighted by molar-refractivity contribution is 0.0600. The molecule has 0 atom stereocenters. The first-order chi connectivity index (χ1) is 14.5. The fourth-order valence-electron chi connectivity index (χ4n) is 2.63. The number of anilines is 1. The molecule has 0 saturated heterocycles. The Kier molecular flexibility index (Phi) is 6.03. The Balaban J connectivity index is 1.72. The number of halogens is 1. The predicted octanol–water partition coefficient (Wildman–Crippen LogP) is 5.59. The zero-order chi connectivity index (χ0) is 21.1. The topological polar surface area (TPSA) is 71.9 Å². The van der Waals surface area contributed by atoms with Crippen molar-refractivity contribution in [2.24, 2.45) is 5.10 Å². The molecule has 2 heterocycles. The van der Waals surface area contributed by atoms with E-state index >= 15 is 0 Å². The van der Waals surface area contributed by atoms with Crippen LogP contribution in [0.5, 0.6) is 0 Å². The summed E-state index contributed by atoms with van der Waals surface area (Å²) in [5.41, 5.74) is 1.53. The summed E-state index contributed by atoms with van der Waals surface area (Å²) in [5.74, 6) is -0.810. The summed E-state index contributed by atoms with van der Waals surface area (Å²) in [6.45, 7) is 0. The Hall–Kier alpha value is -2.88. The maximum atomic E-state index is 13.3. The molecule has 0 aliphatic rings. The molecule has 0 spiro atoms. The normalized spacial score (nSPS) is 11.1. The van der Waals surface area contributed by atoms with E-state index in [2.05, 4.69) is 26.0 Å². The Bertz CT molecular complexity index is 1230. The Labute approximate surface area is 188 Å². The average Bonchev–Trinajstić information content (AvgIpc) is 3.43. The number of hydrazone groups is 1. The molecule has 0 radical (unpaired) electrons. The van der Waals surface area contributed by atoms with Gasteiger partial charge >= 0.3 is 5.97 Å². The lowest BCUT2D eigenvalue weighted by Gasteiger charge is -2.13. The van der Waals surface area contributed by atoms with Crippen molar-refractivity contribution in [3.63, 3.8) is 0 Å². The number of nitrogens with zero attached hydrogens (tertiary/aromatic N) is 3. The minimum Gasteiger partial charge on any atom is -0.465 e. The van der Waals surface area contributed by atoms with Gasteiger partial charge in [0.05, 0.1) is 29.1 Å². The van der Waals surface area contributed by atoms with Crippen molar-refractivity contribution in [1.29, 1.82) is 0 Å². The van der Waals surface area contributed by atoms with E-state index in [0.717, 1.165) is 19.6 Å². The third-order valence-corrected chi connectivity index (χ3v) is 6.40. The number of esters is 1. The Morgan fingerprint density at radius 3 is 2.60 bits per heavy atom. The molecule has 9 heteroatoms. The molecular formula is C21H14BrN3O3S2. The van der Waals surface area contributed by atoms with E-state index in [1.165, 1.54) is 34.8 Å². The fraction of sp³-hybridized carbons (Fsp3) is 0.0476. The number of hydrogen-bond acceptors (Lipinski definition) is 7. The number of carbonyl (C=O) groups excluding carboxylic acids is 2. The van der Waals surface area contributed by atoms with Crippen LogP contribution in [-0.2, 0) is 4.74 Å². The van der Waals surface area contributed by atoms with Crippen LogP contribution in [-0.4, -0.2) is 30.2 Å². The van der Waals surface area contributed by atoms with Gasteiger partial charge in [0.25, 0.3) is 5.91 Å². The molecule has 4 rings (SSSR count). The molecule has 2 aromatic carbocycles. The molecule has 0 aliphatic carbocycles. The van der Waals surface area contributed by atoms with Crippen LogP contribution in [0.25, 0.3) is 10.2 Å². The first kappa shape index (κ1) is 20.4. The van der Waals surface area contributed by atoms with Crippen LogP contribution in [0.15, 0.2) is 69.6 Å². The number of thiazole rings is 1. The highest BCUT2D eigenvalue weighted by Crippen LogP contribution is 2.32. The molecule has 4 aromatic rings. The second-order valence-corrected chi connectivity index (χ2v) is 8.96. The zero-order valence-corrected chi connectivity index (χ0v) is 18.8. The van der Waals surface area contributed by atoms with E-state index in [-0.39, 0.29) is 5.91 Å². The summed E-state index contributed by atoms with van der Waals surface area (Å²) >= 11 is 6.35. The summed E-state index contributed by atoms with van der Waals surface area (Å²) in [7, 11) is 1.31. The van der Waals surface area contributed by atoms with Gasteiger partial charge in [-0.25, -0.2) is 9.78 Å². The van der Waals surface area contributed by atoms with E-state index in [0.29, 0.717) is 16.3 Å². The first-order valence-electron chi connectivity index (χ1n) is 8.71. The van der Waals surface area contributed by atoms with Crippen LogP contribution in [0, 0.1) is 0 Å². The minimum absolute atomic E-state index is 0.350. The summed E-state index contributed by atoms with van der Waals surface area (Å²) in [4.78, 5) is 30.4. The zero-order valence-electron chi connectivity index (χ0n) is 15.6.